The van der Waals surface area contributed by atoms with Gasteiger partial charge in [0.25, 0.3) is 0 Å². The summed E-state index contributed by atoms with van der Waals surface area (Å²) in [6.07, 6.45) is 0. The predicted molar refractivity (Wildman–Crippen MR) is 82.5 cm³/mol. The number of fused-ring (bicyclic) bond motifs is 1. The average Bonchev–Trinajstić information content (AvgIpc) is 2.97. The molecule has 0 aliphatic heterocycles. The fourth-order valence-electron chi connectivity index (χ4n) is 2.09. The highest BCUT2D eigenvalue weighted by Gasteiger charge is 2.24. The third kappa shape index (κ3) is 2.72. The van der Waals surface area contributed by atoms with Gasteiger partial charge in [-0.05, 0) is 29.8 Å². The van der Waals surface area contributed by atoms with Crippen molar-refractivity contribution in [1.82, 2.24) is 13.1 Å². The molecule has 0 fully saturated rings. The summed E-state index contributed by atoms with van der Waals surface area (Å²) in [5, 5.41) is 0. The maximum atomic E-state index is 12.9. The minimum absolute atomic E-state index is 0.128. The second-order valence-electron chi connectivity index (χ2n) is 4.78. The molecular formula is C14H12FN3O2S2. The van der Waals surface area contributed by atoms with Gasteiger partial charge in [-0.15, -0.1) is 0 Å². The largest absolute Gasteiger partial charge is 0.245 e. The second kappa shape index (κ2) is 5.71. The maximum Gasteiger partial charge on any atom is 0.245 e. The second-order valence-corrected chi connectivity index (χ2v) is 7.32. The summed E-state index contributed by atoms with van der Waals surface area (Å²) >= 11 is 0.976. The van der Waals surface area contributed by atoms with Crippen molar-refractivity contribution in [3.8, 4) is 0 Å². The van der Waals surface area contributed by atoms with Gasteiger partial charge in [-0.3, -0.25) is 0 Å². The van der Waals surface area contributed by atoms with Gasteiger partial charge in [-0.2, -0.15) is 13.1 Å². The Kier molecular flexibility index (Phi) is 3.90. The van der Waals surface area contributed by atoms with Crippen molar-refractivity contribution in [2.75, 3.05) is 7.05 Å². The molecule has 2 aromatic carbocycles. The van der Waals surface area contributed by atoms with Crippen LogP contribution in [0.4, 0.5) is 4.39 Å². The Balaban J connectivity index is 1.95. The van der Waals surface area contributed by atoms with Crippen molar-refractivity contribution < 1.29 is 12.8 Å². The zero-order valence-corrected chi connectivity index (χ0v) is 13.2. The summed E-state index contributed by atoms with van der Waals surface area (Å²) in [5.74, 6) is -0.354. The lowest BCUT2D eigenvalue weighted by molar-refractivity contribution is 0.467. The first-order valence-corrected chi connectivity index (χ1v) is 8.57. The quantitative estimate of drug-likeness (QED) is 0.734. The van der Waals surface area contributed by atoms with Crippen LogP contribution < -0.4 is 0 Å². The van der Waals surface area contributed by atoms with Gasteiger partial charge in [0.1, 0.15) is 21.7 Å². The lowest BCUT2D eigenvalue weighted by Gasteiger charge is -2.17. The van der Waals surface area contributed by atoms with Crippen LogP contribution in [0, 0.1) is 5.82 Å². The summed E-state index contributed by atoms with van der Waals surface area (Å²) in [4.78, 5) is 0.128. The van der Waals surface area contributed by atoms with E-state index in [4.69, 9.17) is 0 Å². The fraction of sp³-hybridized carbons (Fsp3) is 0.143. The molecule has 0 bridgehead atoms. The monoisotopic (exact) mass is 337 g/mol. The van der Waals surface area contributed by atoms with E-state index < -0.39 is 10.0 Å². The molecule has 1 aromatic heterocycles. The Morgan fingerprint density at radius 3 is 2.59 bits per heavy atom. The molecule has 0 atom stereocenters. The molecule has 3 rings (SSSR count). The summed E-state index contributed by atoms with van der Waals surface area (Å²) in [7, 11) is -2.22. The standard InChI is InChI=1S/C14H12FN3O2S2/c1-18(9-10-5-7-11(15)8-6-10)22(19,20)13-4-2-3-12-14(13)17-21-16-12/h2-8H,9H2,1H3. The number of hydrogen-bond acceptors (Lipinski definition) is 5. The van der Waals surface area contributed by atoms with Crippen LogP contribution in [0.2, 0.25) is 0 Å². The van der Waals surface area contributed by atoms with Gasteiger partial charge in [0.15, 0.2) is 0 Å². The Morgan fingerprint density at radius 2 is 1.86 bits per heavy atom. The van der Waals surface area contributed by atoms with E-state index >= 15 is 0 Å². The molecule has 114 valence electrons. The third-order valence-corrected chi connectivity index (χ3v) is 5.63. The van der Waals surface area contributed by atoms with Crippen LogP contribution in [0.5, 0.6) is 0 Å². The van der Waals surface area contributed by atoms with E-state index in [0.29, 0.717) is 16.6 Å². The molecule has 0 N–H and O–H groups in total. The molecule has 0 saturated carbocycles. The Morgan fingerprint density at radius 1 is 1.14 bits per heavy atom. The number of benzene rings is 2. The molecular weight excluding hydrogens is 325 g/mol. The predicted octanol–water partition coefficient (Wildman–Crippen LogP) is 2.65. The number of rotatable bonds is 4. The van der Waals surface area contributed by atoms with Crippen molar-refractivity contribution in [2.24, 2.45) is 0 Å². The molecule has 0 unspecified atom stereocenters. The topological polar surface area (TPSA) is 63.2 Å². The van der Waals surface area contributed by atoms with E-state index in [1.165, 1.54) is 29.6 Å². The summed E-state index contributed by atoms with van der Waals surface area (Å²) < 4.78 is 47.7. The summed E-state index contributed by atoms with van der Waals surface area (Å²) in [6.45, 7) is 0.149. The first-order chi connectivity index (χ1) is 10.5. The van der Waals surface area contributed by atoms with Gasteiger partial charge < -0.3 is 0 Å². The summed E-state index contributed by atoms with van der Waals surface area (Å²) in [5.41, 5.74) is 1.63. The van der Waals surface area contributed by atoms with E-state index in [2.05, 4.69) is 8.75 Å². The normalized spacial score (nSPS) is 12.1. The van der Waals surface area contributed by atoms with Crippen molar-refractivity contribution in [2.45, 2.75) is 11.4 Å². The van der Waals surface area contributed by atoms with E-state index in [0.717, 1.165) is 11.7 Å². The van der Waals surface area contributed by atoms with Crippen molar-refractivity contribution in [1.29, 1.82) is 0 Å². The summed E-state index contributed by atoms with van der Waals surface area (Å²) in [6, 6.07) is 10.6. The van der Waals surface area contributed by atoms with Crippen LogP contribution >= 0.6 is 11.7 Å². The van der Waals surface area contributed by atoms with Crippen molar-refractivity contribution in [3.05, 3.63) is 53.8 Å². The van der Waals surface area contributed by atoms with E-state index in [1.807, 2.05) is 0 Å². The molecule has 0 aliphatic rings. The maximum absolute atomic E-state index is 12.9. The van der Waals surface area contributed by atoms with Crippen molar-refractivity contribution in [3.63, 3.8) is 0 Å². The molecule has 0 spiro atoms. The highest BCUT2D eigenvalue weighted by atomic mass is 32.2. The molecule has 0 amide bonds. The highest BCUT2D eigenvalue weighted by Crippen LogP contribution is 2.24. The number of halogens is 1. The fourth-order valence-corrected chi connectivity index (χ4v) is 4.00. The van der Waals surface area contributed by atoms with E-state index in [1.54, 1.807) is 24.3 Å². The SMILES string of the molecule is CN(Cc1ccc(F)cc1)S(=O)(=O)c1cccc2nsnc12. The Hall–Kier alpha value is -1.90. The van der Waals surface area contributed by atoms with Gasteiger partial charge in [-0.1, -0.05) is 18.2 Å². The highest BCUT2D eigenvalue weighted by molar-refractivity contribution is 7.89. The first kappa shape index (κ1) is 15.0. The molecule has 0 radical (unpaired) electrons. The molecule has 8 heteroatoms. The van der Waals surface area contributed by atoms with Gasteiger partial charge in [0.05, 0.1) is 11.7 Å². The lowest BCUT2D eigenvalue weighted by Crippen LogP contribution is -2.26. The van der Waals surface area contributed by atoms with E-state index in [-0.39, 0.29) is 17.3 Å². The zero-order chi connectivity index (χ0) is 15.7. The number of hydrogen-bond donors (Lipinski definition) is 0. The average molecular weight is 337 g/mol. The molecule has 0 aliphatic carbocycles. The van der Waals surface area contributed by atoms with Gasteiger partial charge in [-0.25, -0.2) is 12.8 Å². The van der Waals surface area contributed by atoms with Crippen LogP contribution in [0.3, 0.4) is 0 Å². The van der Waals surface area contributed by atoms with Crippen LogP contribution in [-0.4, -0.2) is 28.5 Å². The molecule has 22 heavy (non-hydrogen) atoms. The van der Waals surface area contributed by atoms with Crippen molar-refractivity contribution >= 4 is 32.8 Å². The molecule has 3 aromatic rings. The van der Waals surface area contributed by atoms with Gasteiger partial charge in [0.2, 0.25) is 10.0 Å². The van der Waals surface area contributed by atoms with Crippen LogP contribution in [0.1, 0.15) is 5.56 Å². The number of aromatic nitrogens is 2. The minimum atomic E-state index is -3.70. The minimum Gasteiger partial charge on any atom is -0.207 e. The Labute approximate surface area is 131 Å². The van der Waals surface area contributed by atoms with Crippen LogP contribution in [0.25, 0.3) is 11.0 Å². The van der Waals surface area contributed by atoms with Crippen LogP contribution in [0.15, 0.2) is 47.4 Å². The number of sulfonamides is 1. The first-order valence-electron chi connectivity index (χ1n) is 6.40. The molecule has 1 heterocycles. The van der Waals surface area contributed by atoms with E-state index in [9.17, 15) is 12.8 Å². The lowest BCUT2D eigenvalue weighted by atomic mass is 10.2. The molecule has 0 saturated heterocycles. The molecule has 5 nitrogen and oxygen atoms in total. The van der Waals surface area contributed by atoms with Gasteiger partial charge >= 0.3 is 0 Å². The Bertz CT molecular complexity index is 907. The van der Waals surface area contributed by atoms with Gasteiger partial charge in [0, 0.05) is 13.6 Å². The van der Waals surface area contributed by atoms with Crippen LogP contribution in [-0.2, 0) is 16.6 Å². The zero-order valence-electron chi connectivity index (χ0n) is 11.6. The number of nitrogens with zero attached hydrogens (tertiary/aromatic N) is 3. The smallest absolute Gasteiger partial charge is 0.207 e. The third-order valence-electron chi connectivity index (χ3n) is 3.26.